The fourth-order valence-electron chi connectivity index (χ4n) is 2.33. The van der Waals surface area contributed by atoms with Gasteiger partial charge in [0, 0.05) is 18.0 Å². The van der Waals surface area contributed by atoms with E-state index in [9.17, 15) is 4.79 Å². The second-order valence-electron chi connectivity index (χ2n) is 5.20. The second kappa shape index (κ2) is 5.46. The molecule has 1 aromatic carbocycles. The van der Waals surface area contributed by atoms with E-state index in [1.165, 1.54) is 12.0 Å². The number of carbonyl (C=O) groups excluding carboxylic acids is 1. The molecule has 1 aliphatic heterocycles. The summed E-state index contributed by atoms with van der Waals surface area (Å²) in [5.41, 5.74) is 2.14. The fraction of sp³-hybridized carbons (Fsp3) is 0.533. The number of benzene rings is 1. The molecule has 1 saturated heterocycles. The molecule has 1 fully saturated rings. The maximum Gasteiger partial charge on any atom is 0.164 e. The highest BCUT2D eigenvalue weighted by molar-refractivity contribution is 5.96. The molecule has 1 atom stereocenters. The van der Waals surface area contributed by atoms with Crippen molar-refractivity contribution in [1.82, 2.24) is 5.32 Å². The van der Waals surface area contributed by atoms with E-state index in [2.05, 4.69) is 31.3 Å². The van der Waals surface area contributed by atoms with Gasteiger partial charge in [-0.2, -0.15) is 0 Å². The van der Waals surface area contributed by atoms with Gasteiger partial charge in [-0.05, 0) is 30.9 Å². The topological polar surface area (TPSA) is 29.1 Å². The van der Waals surface area contributed by atoms with E-state index in [1.54, 1.807) is 0 Å². The van der Waals surface area contributed by atoms with Crippen molar-refractivity contribution in [1.29, 1.82) is 0 Å². The molecular formula is C15H21NO. The van der Waals surface area contributed by atoms with Gasteiger partial charge in [0.15, 0.2) is 5.78 Å². The van der Waals surface area contributed by atoms with Gasteiger partial charge < -0.3 is 5.32 Å². The molecule has 1 heterocycles. The summed E-state index contributed by atoms with van der Waals surface area (Å²) in [6.45, 7) is 5.39. The summed E-state index contributed by atoms with van der Waals surface area (Å²) < 4.78 is 0. The molecule has 1 N–H and O–H groups in total. The largest absolute Gasteiger partial charge is 0.314 e. The first kappa shape index (κ1) is 12.3. The molecule has 1 aromatic rings. The van der Waals surface area contributed by atoms with Gasteiger partial charge in [-0.25, -0.2) is 0 Å². The van der Waals surface area contributed by atoms with E-state index in [0.29, 0.717) is 18.4 Å². The Bertz CT molecular complexity index is 374. The third-order valence-corrected chi connectivity index (χ3v) is 3.49. The van der Waals surface area contributed by atoms with Crippen LogP contribution in [-0.4, -0.2) is 18.4 Å². The first-order chi connectivity index (χ1) is 8.16. The highest BCUT2D eigenvalue weighted by Crippen LogP contribution is 2.17. The molecule has 0 saturated carbocycles. The number of carbonyl (C=O) groups is 1. The Morgan fingerprint density at radius 2 is 2.06 bits per heavy atom. The summed E-state index contributed by atoms with van der Waals surface area (Å²) in [7, 11) is 0. The van der Waals surface area contributed by atoms with Crippen molar-refractivity contribution in [3.8, 4) is 0 Å². The van der Waals surface area contributed by atoms with Crippen LogP contribution in [0.25, 0.3) is 0 Å². The lowest BCUT2D eigenvalue weighted by Gasteiger charge is -2.10. The summed E-state index contributed by atoms with van der Waals surface area (Å²) in [6.07, 6.45) is 2.97. The highest BCUT2D eigenvalue weighted by atomic mass is 16.1. The zero-order valence-electron chi connectivity index (χ0n) is 10.7. The Hall–Kier alpha value is -1.15. The third kappa shape index (κ3) is 3.16. The average Bonchev–Trinajstić information content (AvgIpc) is 2.82. The van der Waals surface area contributed by atoms with Gasteiger partial charge >= 0.3 is 0 Å². The minimum absolute atomic E-state index is 0.264. The molecule has 2 rings (SSSR count). The lowest BCUT2D eigenvalue weighted by atomic mass is 9.98. The van der Waals surface area contributed by atoms with Crippen LogP contribution in [0, 0.1) is 0 Å². The van der Waals surface area contributed by atoms with E-state index >= 15 is 0 Å². The monoisotopic (exact) mass is 231 g/mol. The maximum absolute atomic E-state index is 12.0. The fourth-order valence-corrected chi connectivity index (χ4v) is 2.33. The van der Waals surface area contributed by atoms with E-state index in [4.69, 9.17) is 0 Å². The standard InChI is InChI=1S/C15H21NO/c1-11(2)12-5-7-13(8-6-12)15(17)10-14-4-3-9-16-14/h5-8,11,14,16H,3-4,9-10H2,1-2H3. The molecule has 17 heavy (non-hydrogen) atoms. The van der Waals surface area contributed by atoms with Crippen molar-refractivity contribution >= 4 is 5.78 Å². The molecule has 0 bridgehead atoms. The first-order valence-corrected chi connectivity index (χ1v) is 6.53. The number of Topliss-reactive ketones (excluding diaryl/α,β-unsaturated/α-hetero) is 1. The SMILES string of the molecule is CC(C)c1ccc(C(=O)CC2CCCN2)cc1. The van der Waals surface area contributed by atoms with E-state index in [1.807, 2.05) is 12.1 Å². The smallest absolute Gasteiger partial charge is 0.164 e. The van der Waals surface area contributed by atoms with Crippen LogP contribution in [0.4, 0.5) is 0 Å². The normalized spacial score (nSPS) is 19.8. The number of hydrogen-bond donors (Lipinski definition) is 1. The van der Waals surface area contributed by atoms with Gasteiger partial charge in [-0.15, -0.1) is 0 Å². The van der Waals surface area contributed by atoms with E-state index in [-0.39, 0.29) is 5.78 Å². The van der Waals surface area contributed by atoms with Crippen molar-refractivity contribution in [2.24, 2.45) is 0 Å². The quantitative estimate of drug-likeness (QED) is 0.807. The van der Waals surface area contributed by atoms with Gasteiger partial charge in [0.1, 0.15) is 0 Å². The van der Waals surface area contributed by atoms with Crippen LogP contribution in [0.15, 0.2) is 24.3 Å². The molecule has 0 aromatic heterocycles. The van der Waals surface area contributed by atoms with Gasteiger partial charge in [-0.1, -0.05) is 38.1 Å². The Kier molecular flexibility index (Phi) is 3.95. The maximum atomic E-state index is 12.0. The summed E-state index contributed by atoms with van der Waals surface area (Å²) in [5.74, 6) is 0.787. The van der Waals surface area contributed by atoms with Crippen LogP contribution in [0.1, 0.15) is 54.9 Å². The predicted molar refractivity (Wildman–Crippen MR) is 70.5 cm³/mol. The molecule has 0 aliphatic carbocycles. The highest BCUT2D eigenvalue weighted by Gasteiger charge is 2.18. The van der Waals surface area contributed by atoms with Crippen LogP contribution in [0.2, 0.25) is 0 Å². The zero-order chi connectivity index (χ0) is 12.3. The zero-order valence-corrected chi connectivity index (χ0v) is 10.7. The average molecular weight is 231 g/mol. The van der Waals surface area contributed by atoms with Crippen molar-refractivity contribution < 1.29 is 4.79 Å². The van der Waals surface area contributed by atoms with Crippen molar-refractivity contribution in [2.45, 2.75) is 45.1 Å². The molecule has 0 amide bonds. The Morgan fingerprint density at radius 1 is 1.35 bits per heavy atom. The molecule has 0 radical (unpaired) electrons. The predicted octanol–water partition coefficient (Wildman–Crippen LogP) is 3.13. The van der Waals surface area contributed by atoms with Crippen molar-refractivity contribution in [3.05, 3.63) is 35.4 Å². The van der Waals surface area contributed by atoms with Crippen LogP contribution in [0.5, 0.6) is 0 Å². The number of hydrogen-bond acceptors (Lipinski definition) is 2. The summed E-state index contributed by atoms with van der Waals surface area (Å²) in [4.78, 5) is 12.0. The lowest BCUT2D eigenvalue weighted by molar-refractivity contribution is 0.0971. The Labute approximate surface area is 103 Å². The van der Waals surface area contributed by atoms with Crippen LogP contribution < -0.4 is 5.32 Å². The van der Waals surface area contributed by atoms with Crippen LogP contribution in [-0.2, 0) is 0 Å². The molecule has 2 heteroatoms. The van der Waals surface area contributed by atoms with E-state index < -0.39 is 0 Å². The molecule has 1 aliphatic rings. The second-order valence-corrected chi connectivity index (χ2v) is 5.20. The van der Waals surface area contributed by atoms with Crippen LogP contribution >= 0.6 is 0 Å². The minimum atomic E-state index is 0.264. The Morgan fingerprint density at radius 3 is 2.59 bits per heavy atom. The van der Waals surface area contributed by atoms with Crippen molar-refractivity contribution in [3.63, 3.8) is 0 Å². The number of rotatable bonds is 4. The van der Waals surface area contributed by atoms with Gasteiger partial charge in [0.2, 0.25) is 0 Å². The third-order valence-electron chi connectivity index (χ3n) is 3.49. The number of nitrogens with one attached hydrogen (secondary N) is 1. The molecule has 0 spiro atoms. The van der Waals surface area contributed by atoms with Gasteiger partial charge in [0.05, 0.1) is 0 Å². The number of ketones is 1. The summed E-state index contributed by atoms with van der Waals surface area (Å²) in [6, 6.07) is 8.46. The molecule has 92 valence electrons. The molecule has 2 nitrogen and oxygen atoms in total. The van der Waals surface area contributed by atoms with Gasteiger partial charge in [0.25, 0.3) is 0 Å². The first-order valence-electron chi connectivity index (χ1n) is 6.53. The van der Waals surface area contributed by atoms with Gasteiger partial charge in [-0.3, -0.25) is 4.79 Å². The summed E-state index contributed by atoms with van der Waals surface area (Å²) >= 11 is 0. The van der Waals surface area contributed by atoms with Crippen LogP contribution in [0.3, 0.4) is 0 Å². The van der Waals surface area contributed by atoms with Crippen molar-refractivity contribution in [2.75, 3.05) is 6.54 Å². The Balaban J connectivity index is 1.98. The molecule has 1 unspecified atom stereocenters. The minimum Gasteiger partial charge on any atom is -0.314 e. The molecular weight excluding hydrogens is 210 g/mol. The lowest BCUT2D eigenvalue weighted by Crippen LogP contribution is -2.24. The van der Waals surface area contributed by atoms with E-state index in [0.717, 1.165) is 18.5 Å². The summed E-state index contributed by atoms with van der Waals surface area (Å²) in [5, 5.41) is 3.37.